The van der Waals surface area contributed by atoms with E-state index in [2.05, 4.69) is 63.2 Å². The number of aryl methyl sites for hydroxylation is 4. The fourth-order valence-electron chi connectivity index (χ4n) is 2.46. The van der Waals surface area contributed by atoms with Crippen LogP contribution in [-0.4, -0.2) is 11.2 Å². The van der Waals surface area contributed by atoms with Crippen molar-refractivity contribution in [2.24, 2.45) is 0 Å². The van der Waals surface area contributed by atoms with Crippen LogP contribution in [0, 0.1) is 20.8 Å². The van der Waals surface area contributed by atoms with E-state index in [4.69, 9.17) is 0 Å². The Kier molecular flexibility index (Phi) is 4.97. The zero-order chi connectivity index (χ0) is 14.5. The first kappa shape index (κ1) is 14.8. The highest BCUT2D eigenvalue weighted by Crippen LogP contribution is 2.15. The van der Waals surface area contributed by atoms with E-state index in [0.29, 0.717) is 0 Å². The zero-order valence-electron chi connectivity index (χ0n) is 12.7. The lowest BCUT2D eigenvalue weighted by molar-refractivity contribution is 0.165. The third-order valence-corrected chi connectivity index (χ3v) is 3.85. The van der Waals surface area contributed by atoms with E-state index in [0.717, 1.165) is 19.3 Å². The summed E-state index contributed by atoms with van der Waals surface area (Å²) in [4.78, 5) is 0. The molecule has 2 rings (SSSR count). The molecule has 0 aliphatic carbocycles. The normalized spacial score (nSPS) is 12.4. The lowest BCUT2D eigenvalue weighted by Gasteiger charge is -2.13. The smallest absolute Gasteiger partial charge is 0.0583 e. The molecule has 0 aliphatic rings. The molecule has 0 bridgehead atoms. The van der Waals surface area contributed by atoms with Gasteiger partial charge in [0.25, 0.3) is 0 Å². The van der Waals surface area contributed by atoms with E-state index in [1.807, 2.05) is 0 Å². The van der Waals surface area contributed by atoms with Crippen molar-refractivity contribution >= 4 is 0 Å². The second-order valence-electron chi connectivity index (χ2n) is 5.81. The van der Waals surface area contributed by atoms with Gasteiger partial charge in [0, 0.05) is 0 Å². The second kappa shape index (κ2) is 6.71. The van der Waals surface area contributed by atoms with Crippen LogP contribution < -0.4 is 0 Å². The molecular formula is C19H24O. The predicted octanol–water partition coefficient (Wildman–Crippen LogP) is 4.15. The molecule has 0 amide bonds. The molecule has 2 aromatic rings. The number of aliphatic hydroxyl groups is 1. The fourth-order valence-corrected chi connectivity index (χ4v) is 2.46. The van der Waals surface area contributed by atoms with Gasteiger partial charge in [0.05, 0.1) is 6.10 Å². The van der Waals surface area contributed by atoms with Crippen molar-refractivity contribution in [2.45, 2.75) is 46.1 Å². The fraction of sp³-hybridized carbons (Fsp3) is 0.368. The zero-order valence-corrected chi connectivity index (χ0v) is 12.7. The standard InChI is InChI=1S/C19H24O/c1-14-5-8-17(9-6-14)10-11-19(20)13-18-12-15(2)4-7-16(18)3/h4-9,12,19-20H,10-11,13H2,1-3H3. The van der Waals surface area contributed by atoms with E-state index in [9.17, 15) is 5.11 Å². The summed E-state index contributed by atoms with van der Waals surface area (Å²) in [5, 5.41) is 10.2. The Balaban J connectivity index is 1.90. The minimum atomic E-state index is -0.267. The van der Waals surface area contributed by atoms with Gasteiger partial charge in [-0.2, -0.15) is 0 Å². The average molecular weight is 268 g/mol. The van der Waals surface area contributed by atoms with Crippen LogP contribution in [0.1, 0.15) is 34.2 Å². The molecule has 1 unspecified atom stereocenters. The molecule has 0 spiro atoms. The maximum Gasteiger partial charge on any atom is 0.0583 e. The lowest BCUT2D eigenvalue weighted by atomic mass is 9.97. The molecule has 0 aromatic heterocycles. The SMILES string of the molecule is Cc1ccc(CCC(O)Cc2cc(C)ccc2C)cc1. The second-order valence-corrected chi connectivity index (χ2v) is 5.81. The molecule has 0 heterocycles. The van der Waals surface area contributed by atoms with Crippen molar-refractivity contribution < 1.29 is 5.11 Å². The van der Waals surface area contributed by atoms with Gasteiger partial charge in [-0.3, -0.25) is 0 Å². The van der Waals surface area contributed by atoms with Crippen LogP contribution in [0.5, 0.6) is 0 Å². The molecule has 0 saturated carbocycles. The first-order valence-electron chi connectivity index (χ1n) is 7.34. The molecular weight excluding hydrogens is 244 g/mol. The summed E-state index contributed by atoms with van der Waals surface area (Å²) in [5.74, 6) is 0. The summed E-state index contributed by atoms with van der Waals surface area (Å²) in [6.45, 7) is 6.31. The van der Waals surface area contributed by atoms with Gasteiger partial charge >= 0.3 is 0 Å². The molecule has 0 fully saturated rings. The molecule has 106 valence electrons. The molecule has 1 N–H and O–H groups in total. The van der Waals surface area contributed by atoms with Crippen molar-refractivity contribution in [3.63, 3.8) is 0 Å². The number of benzene rings is 2. The molecule has 0 radical (unpaired) electrons. The summed E-state index contributed by atoms with van der Waals surface area (Å²) in [6, 6.07) is 15.0. The Bertz CT molecular complexity index is 554. The molecule has 0 saturated heterocycles. The number of hydrogen-bond acceptors (Lipinski definition) is 1. The van der Waals surface area contributed by atoms with E-state index in [1.165, 1.54) is 27.8 Å². The molecule has 1 nitrogen and oxygen atoms in total. The lowest BCUT2D eigenvalue weighted by Crippen LogP contribution is -2.12. The van der Waals surface area contributed by atoms with E-state index in [-0.39, 0.29) is 6.10 Å². The molecule has 20 heavy (non-hydrogen) atoms. The number of aliphatic hydroxyl groups excluding tert-OH is 1. The Morgan fingerprint density at radius 3 is 2.25 bits per heavy atom. The van der Waals surface area contributed by atoms with Gasteiger partial charge in [0.2, 0.25) is 0 Å². The van der Waals surface area contributed by atoms with Crippen molar-refractivity contribution in [3.8, 4) is 0 Å². The maximum atomic E-state index is 10.2. The maximum absolute atomic E-state index is 10.2. The highest BCUT2D eigenvalue weighted by atomic mass is 16.3. The Morgan fingerprint density at radius 1 is 0.900 bits per heavy atom. The summed E-state index contributed by atoms with van der Waals surface area (Å²) in [7, 11) is 0. The van der Waals surface area contributed by atoms with Gasteiger partial charge in [-0.05, 0) is 56.7 Å². The van der Waals surface area contributed by atoms with Gasteiger partial charge < -0.3 is 5.11 Å². The Hall–Kier alpha value is -1.60. The van der Waals surface area contributed by atoms with Crippen LogP contribution in [0.4, 0.5) is 0 Å². The topological polar surface area (TPSA) is 20.2 Å². The van der Waals surface area contributed by atoms with Crippen LogP contribution in [-0.2, 0) is 12.8 Å². The van der Waals surface area contributed by atoms with Crippen molar-refractivity contribution in [3.05, 3.63) is 70.3 Å². The van der Waals surface area contributed by atoms with Crippen molar-refractivity contribution in [1.82, 2.24) is 0 Å². The average Bonchev–Trinajstić information content (AvgIpc) is 2.42. The summed E-state index contributed by atoms with van der Waals surface area (Å²) >= 11 is 0. The third-order valence-electron chi connectivity index (χ3n) is 3.85. The largest absolute Gasteiger partial charge is 0.393 e. The van der Waals surface area contributed by atoms with Crippen LogP contribution in [0.3, 0.4) is 0 Å². The van der Waals surface area contributed by atoms with E-state index in [1.54, 1.807) is 0 Å². The summed E-state index contributed by atoms with van der Waals surface area (Å²) < 4.78 is 0. The van der Waals surface area contributed by atoms with Gasteiger partial charge in [-0.15, -0.1) is 0 Å². The third kappa shape index (κ3) is 4.21. The van der Waals surface area contributed by atoms with Crippen molar-refractivity contribution in [1.29, 1.82) is 0 Å². The Morgan fingerprint density at radius 2 is 1.55 bits per heavy atom. The van der Waals surface area contributed by atoms with Gasteiger partial charge in [0.15, 0.2) is 0 Å². The number of rotatable bonds is 5. The molecule has 1 atom stereocenters. The first-order valence-corrected chi connectivity index (χ1v) is 7.34. The highest BCUT2D eigenvalue weighted by Gasteiger charge is 2.08. The monoisotopic (exact) mass is 268 g/mol. The van der Waals surface area contributed by atoms with Gasteiger partial charge in [0.1, 0.15) is 0 Å². The Labute approximate surface area is 122 Å². The predicted molar refractivity (Wildman–Crippen MR) is 85.1 cm³/mol. The van der Waals surface area contributed by atoms with Crippen molar-refractivity contribution in [2.75, 3.05) is 0 Å². The quantitative estimate of drug-likeness (QED) is 0.863. The number of hydrogen-bond donors (Lipinski definition) is 1. The molecule has 1 heteroatoms. The van der Waals surface area contributed by atoms with Crippen LogP contribution in [0.25, 0.3) is 0 Å². The minimum Gasteiger partial charge on any atom is -0.393 e. The summed E-state index contributed by atoms with van der Waals surface area (Å²) in [6.07, 6.45) is 2.24. The minimum absolute atomic E-state index is 0.267. The van der Waals surface area contributed by atoms with Gasteiger partial charge in [-0.1, -0.05) is 53.6 Å². The van der Waals surface area contributed by atoms with Crippen LogP contribution >= 0.6 is 0 Å². The summed E-state index contributed by atoms with van der Waals surface area (Å²) in [5.41, 5.74) is 6.38. The van der Waals surface area contributed by atoms with E-state index >= 15 is 0 Å². The highest BCUT2D eigenvalue weighted by molar-refractivity contribution is 5.31. The first-order chi connectivity index (χ1) is 9.54. The van der Waals surface area contributed by atoms with Crippen LogP contribution in [0.2, 0.25) is 0 Å². The molecule has 2 aromatic carbocycles. The van der Waals surface area contributed by atoms with Gasteiger partial charge in [-0.25, -0.2) is 0 Å². The molecule has 0 aliphatic heterocycles. The van der Waals surface area contributed by atoms with E-state index < -0.39 is 0 Å². The van der Waals surface area contributed by atoms with Crippen LogP contribution in [0.15, 0.2) is 42.5 Å².